The number of hydrogen-bond donors (Lipinski definition) is 1. The number of aryl methyl sites for hydroxylation is 1. The van der Waals surface area contributed by atoms with Gasteiger partial charge in [0.15, 0.2) is 6.10 Å². The third kappa shape index (κ3) is 3.71. The largest absolute Gasteiger partial charge is 0.477 e. The number of rotatable bonds is 4. The molecule has 1 N–H and O–H groups in total. The maximum Gasteiger partial charge on any atom is 0.414 e. The zero-order valence-corrected chi connectivity index (χ0v) is 9.98. The smallest absolute Gasteiger partial charge is 0.414 e. The van der Waals surface area contributed by atoms with E-state index in [4.69, 9.17) is 5.11 Å². The first-order valence-electron chi connectivity index (χ1n) is 4.72. The zero-order chi connectivity index (χ0) is 13.2. The van der Waals surface area contributed by atoms with Gasteiger partial charge in [-0.1, -0.05) is 0 Å². The van der Waals surface area contributed by atoms with Crippen LogP contribution < -0.4 is 0 Å². The summed E-state index contributed by atoms with van der Waals surface area (Å²) >= 11 is 1.02. The predicted octanol–water partition coefficient (Wildman–Crippen LogP) is 3.22. The second kappa shape index (κ2) is 5.05. The molecule has 0 fully saturated rings. The van der Waals surface area contributed by atoms with E-state index in [-0.39, 0.29) is 11.5 Å². The summed E-state index contributed by atoms with van der Waals surface area (Å²) < 4.78 is 41.2. The summed E-state index contributed by atoms with van der Waals surface area (Å²) in [6, 6.07) is 1.34. The molecular formula is C10H11F3O3S. The Morgan fingerprint density at radius 2 is 2.18 bits per heavy atom. The molecule has 0 radical (unpaired) electrons. The molecule has 0 bridgehead atoms. The first-order valence-corrected chi connectivity index (χ1v) is 5.54. The third-order valence-corrected chi connectivity index (χ3v) is 3.26. The van der Waals surface area contributed by atoms with Crippen LogP contribution in [0.25, 0.3) is 0 Å². The molecule has 1 heterocycles. The van der Waals surface area contributed by atoms with Crippen molar-refractivity contribution < 1.29 is 27.8 Å². The fraction of sp³-hybridized carbons (Fsp3) is 0.500. The van der Waals surface area contributed by atoms with Crippen molar-refractivity contribution in [2.24, 2.45) is 0 Å². The highest BCUT2D eigenvalue weighted by molar-refractivity contribution is 7.14. The average molecular weight is 268 g/mol. The highest BCUT2D eigenvalue weighted by Crippen LogP contribution is 2.26. The van der Waals surface area contributed by atoms with E-state index in [2.05, 4.69) is 4.74 Å². The van der Waals surface area contributed by atoms with Crippen molar-refractivity contribution in [1.29, 1.82) is 0 Å². The monoisotopic (exact) mass is 268 g/mol. The topological polar surface area (TPSA) is 46.5 Å². The molecule has 7 heteroatoms. The van der Waals surface area contributed by atoms with E-state index in [9.17, 15) is 18.0 Å². The second-order valence-electron chi connectivity index (χ2n) is 3.49. The lowest BCUT2D eigenvalue weighted by Gasteiger charge is -2.16. The third-order valence-electron chi connectivity index (χ3n) is 2.18. The summed E-state index contributed by atoms with van der Waals surface area (Å²) in [6.45, 7) is 2.32. The van der Waals surface area contributed by atoms with E-state index in [1.54, 1.807) is 6.92 Å². The van der Waals surface area contributed by atoms with Gasteiger partial charge in [0, 0.05) is 4.88 Å². The van der Waals surface area contributed by atoms with Crippen LogP contribution in [0.4, 0.5) is 13.2 Å². The van der Waals surface area contributed by atoms with Crippen molar-refractivity contribution in [1.82, 2.24) is 0 Å². The maximum absolute atomic E-state index is 12.2. The number of carbonyl (C=O) groups is 1. The fourth-order valence-corrected chi connectivity index (χ4v) is 1.95. The van der Waals surface area contributed by atoms with Crippen LogP contribution >= 0.6 is 11.3 Å². The maximum atomic E-state index is 12.2. The number of alkyl halides is 3. The van der Waals surface area contributed by atoms with Crippen LogP contribution in [-0.2, 0) is 11.3 Å². The van der Waals surface area contributed by atoms with Crippen molar-refractivity contribution in [2.75, 3.05) is 0 Å². The molecule has 96 valence electrons. The lowest BCUT2D eigenvalue weighted by Crippen LogP contribution is -2.28. The van der Waals surface area contributed by atoms with Crippen LogP contribution in [0.5, 0.6) is 0 Å². The van der Waals surface area contributed by atoms with Crippen LogP contribution in [-0.4, -0.2) is 23.4 Å². The van der Waals surface area contributed by atoms with E-state index in [0.29, 0.717) is 10.4 Å². The minimum Gasteiger partial charge on any atom is -0.477 e. The van der Waals surface area contributed by atoms with Crippen molar-refractivity contribution in [3.63, 3.8) is 0 Å². The average Bonchev–Trinajstić information content (AvgIpc) is 2.55. The molecule has 0 amide bonds. The van der Waals surface area contributed by atoms with Crippen LogP contribution in [0.15, 0.2) is 6.07 Å². The van der Waals surface area contributed by atoms with Gasteiger partial charge in [0.2, 0.25) is 0 Å². The number of ether oxygens (including phenoxy) is 1. The van der Waals surface area contributed by atoms with Gasteiger partial charge in [-0.3, -0.25) is 0 Å². The standard InChI is InChI=1S/C10H11F3O3S/c1-5-7(3-8(17-5)9(14)15)4-16-6(2)10(11,12)13/h3,6H,4H2,1-2H3,(H,14,15). The summed E-state index contributed by atoms with van der Waals surface area (Å²) in [5.41, 5.74) is 0.475. The molecule has 1 unspecified atom stereocenters. The normalized spacial score (nSPS) is 13.7. The Kier molecular flexibility index (Phi) is 4.16. The van der Waals surface area contributed by atoms with E-state index in [1.807, 2.05) is 0 Å². The van der Waals surface area contributed by atoms with Crippen molar-refractivity contribution in [3.05, 3.63) is 21.4 Å². The Labute approximate surface area is 99.8 Å². The number of thiophene rings is 1. The summed E-state index contributed by atoms with van der Waals surface area (Å²) in [5.74, 6) is -1.09. The van der Waals surface area contributed by atoms with Crippen LogP contribution in [0.2, 0.25) is 0 Å². The van der Waals surface area contributed by atoms with Gasteiger partial charge in [-0.25, -0.2) is 4.79 Å². The van der Waals surface area contributed by atoms with Gasteiger partial charge in [-0.15, -0.1) is 11.3 Å². The quantitative estimate of drug-likeness (QED) is 0.912. The number of carboxylic acids is 1. The number of hydrogen-bond acceptors (Lipinski definition) is 3. The van der Waals surface area contributed by atoms with Crippen LogP contribution in [0, 0.1) is 6.92 Å². The molecule has 1 rings (SSSR count). The van der Waals surface area contributed by atoms with Gasteiger partial charge in [0.25, 0.3) is 0 Å². The van der Waals surface area contributed by atoms with Crippen molar-refractivity contribution in [3.8, 4) is 0 Å². The Bertz CT molecular complexity index is 411. The summed E-state index contributed by atoms with van der Waals surface area (Å²) in [5, 5.41) is 8.72. The Morgan fingerprint density at radius 1 is 1.59 bits per heavy atom. The highest BCUT2D eigenvalue weighted by Gasteiger charge is 2.36. The molecule has 0 saturated carbocycles. The molecule has 0 saturated heterocycles. The molecule has 0 aliphatic rings. The molecule has 0 spiro atoms. The molecule has 1 aromatic heterocycles. The van der Waals surface area contributed by atoms with Crippen LogP contribution in [0.1, 0.15) is 27.0 Å². The number of carboxylic acid groups (broad SMARTS) is 1. The SMILES string of the molecule is Cc1sc(C(=O)O)cc1COC(C)C(F)(F)F. The first-order chi connectivity index (χ1) is 7.71. The lowest BCUT2D eigenvalue weighted by atomic mass is 10.2. The Morgan fingerprint density at radius 3 is 2.59 bits per heavy atom. The van der Waals surface area contributed by atoms with Gasteiger partial charge in [-0.2, -0.15) is 13.2 Å². The lowest BCUT2D eigenvalue weighted by molar-refractivity contribution is -0.217. The molecule has 0 aliphatic carbocycles. The Hall–Kier alpha value is -1.08. The van der Waals surface area contributed by atoms with Gasteiger partial charge < -0.3 is 9.84 Å². The van der Waals surface area contributed by atoms with Gasteiger partial charge in [-0.05, 0) is 25.5 Å². The van der Waals surface area contributed by atoms with Gasteiger partial charge in [0.1, 0.15) is 4.88 Å². The van der Waals surface area contributed by atoms with Gasteiger partial charge in [0.05, 0.1) is 6.61 Å². The molecule has 3 nitrogen and oxygen atoms in total. The van der Waals surface area contributed by atoms with Gasteiger partial charge >= 0.3 is 12.1 Å². The molecule has 1 aromatic rings. The second-order valence-corrected chi connectivity index (χ2v) is 4.75. The molecule has 0 aliphatic heterocycles. The fourth-order valence-electron chi connectivity index (χ4n) is 1.08. The first kappa shape index (κ1) is 14.0. The highest BCUT2D eigenvalue weighted by atomic mass is 32.1. The summed E-state index contributed by atoms with van der Waals surface area (Å²) in [6.07, 6.45) is -6.27. The zero-order valence-electron chi connectivity index (χ0n) is 9.17. The molecule has 17 heavy (non-hydrogen) atoms. The van der Waals surface area contributed by atoms with E-state index >= 15 is 0 Å². The van der Waals surface area contributed by atoms with Crippen LogP contribution in [0.3, 0.4) is 0 Å². The van der Waals surface area contributed by atoms with Crippen molar-refractivity contribution in [2.45, 2.75) is 32.7 Å². The summed E-state index contributed by atoms with van der Waals surface area (Å²) in [7, 11) is 0. The van der Waals surface area contributed by atoms with E-state index in [0.717, 1.165) is 18.3 Å². The molecular weight excluding hydrogens is 257 g/mol. The van der Waals surface area contributed by atoms with Crippen molar-refractivity contribution >= 4 is 17.3 Å². The predicted molar refractivity (Wildman–Crippen MR) is 56.3 cm³/mol. The molecule has 0 aromatic carbocycles. The minimum atomic E-state index is -4.40. The van der Waals surface area contributed by atoms with E-state index in [1.165, 1.54) is 6.07 Å². The summed E-state index contributed by atoms with van der Waals surface area (Å²) in [4.78, 5) is 11.4. The number of halogens is 3. The minimum absolute atomic E-state index is 0.0979. The molecule has 1 atom stereocenters. The Balaban J connectivity index is 2.67. The van der Waals surface area contributed by atoms with E-state index < -0.39 is 18.2 Å². The number of aromatic carboxylic acids is 1.